The maximum atomic E-state index is 12.4. The molecule has 0 unspecified atom stereocenters. The summed E-state index contributed by atoms with van der Waals surface area (Å²) in [4.78, 5) is 31.0. The van der Waals surface area contributed by atoms with E-state index in [0.29, 0.717) is 5.82 Å². The minimum atomic E-state index is -0.357. The molecule has 0 spiro atoms. The van der Waals surface area contributed by atoms with Gasteiger partial charge in [0.05, 0.1) is 0 Å². The van der Waals surface area contributed by atoms with Crippen molar-refractivity contribution < 1.29 is 4.79 Å². The molecule has 1 amide bonds. The Bertz CT molecular complexity index is 972. The molecule has 2 aromatic heterocycles. The molecule has 134 valence electrons. The molecule has 1 aliphatic rings. The number of rotatable bonds is 4. The van der Waals surface area contributed by atoms with Crippen LogP contribution in [0.3, 0.4) is 0 Å². The van der Waals surface area contributed by atoms with Crippen LogP contribution in [-0.4, -0.2) is 43.1 Å². The number of amides is 1. The van der Waals surface area contributed by atoms with Crippen LogP contribution in [0.25, 0.3) is 5.78 Å². The highest BCUT2D eigenvalue weighted by molar-refractivity contribution is 5.76. The van der Waals surface area contributed by atoms with Gasteiger partial charge < -0.3 is 10.2 Å². The van der Waals surface area contributed by atoms with Crippen molar-refractivity contribution in [3.63, 3.8) is 0 Å². The predicted molar refractivity (Wildman–Crippen MR) is 97.4 cm³/mol. The van der Waals surface area contributed by atoms with E-state index in [9.17, 15) is 9.59 Å². The lowest BCUT2D eigenvalue weighted by Gasteiger charge is -2.26. The summed E-state index contributed by atoms with van der Waals surface area (Å²) in [5.41, 5.74) is 0.538. The average molecular weight is 352 g/mol. The van der Waals surface area contributed by atoms with Crippen molar-refractivity contribution in [2.45, 2.75) is 25.8 Å². The van der Waals surface area contributed by atoms with Crippen LogP contribution in [0.1, 0.15) is 19.3 Å². The quantitative estimate of drug-likeness (QED) is 0.772. The minimum Gasteiger partial charge on any atom is -0.341 e. The average Bonchev–Trinajstić information content (AvgIpc) is 2.98. The summed E-state index contributed by atoms with van der Waals surface area (Å²) in [5.74, 6) is 0.781. The topological polar surface area (TPSA) is 84.5 Å². The highest BCUT2D eigenvalue weighted by Gasteiger charge is 2.19. The van der Waals surface area contributed by atoms with E-state index in [4.69, 9.17) is 0 Å². The van der Waals surface area contributed by atoms with Gasteiger partial charge >= 0.3 is 5.69 Å². The summed E-state index contributed by atoms with van der Waals surface area (Å²) in [6.45, 7) is 1.46. The van der Waals surface area contributed by atoms with Crippen molar-refractivity contribution in [2.75, 3.05) is 18.4 Å². The van der Waals surface area contributed by atoms with E-state index in [2.05, 4.69) is 15.4 Å². The standard InChI is InChI=1S/C18H20N6O2/c25-16(22-10-5-2-6-11-22)13-24-18(26)23-12-9-15(20-17(23)21-24)19-14-7-3-1-4-8-14/h1,3-4,7-9,12H,2,5-6,10-11,13H2,(H,19,20,21). The Morgan fingerprint density at radius 2 is 1.85 bits per heavy atom. The first-order valence-electron chi connectivity index (χ1n) is 8.77. The molecule has 0 atom stereocenters. The Labute approximate surface area is 150 Å². The van der Waals surface area contributed by atoms with Crippen LogP contribution in [0, 0.1) is 0 Å². The summed E-state index contributed by atoms with van der Waals surface area (Å²) in [7, 11) is 0. The molecule has 26 heavy (non-hydrogen) atoms. The number of nitrogens with one attached hydrogen (secondary N) is 1. The van der Waals surface area contributed by atoms with Gasteiger partial charge in [0.15, 0.2) is 0 Å². The maximum absolute atomic E-state index is 12.4. The first-order chi connectivity index (χ1) is 12.7. The number of carbonyl (C=O) groups excluding carboxylic acids is 1. The zero-order chi connectivity index (χ0) is 17.9. The first-order valence-corrected chi connectivity index (χ1v) is 8.77. The smallest absolute Gasteiger partial charge is 0.341 e. The van der Waals surface area contributed by atoms with E-state index < -0.39 is 0 Å². The number of carbonyl (C=O) groups is 1. The van der Waals surface area contributed by atoms with Gasteiger partial charge in [-0.15, -0.1) is 5.10 Å². The Morgan fingerprint density at radius 3 is 2.62 bits per heavy atom. The van der Waals surface area contributed by atoms with E-state index >= 15 is 0 Å². The Kier molecular flexibility index (Phi) is 4.39. The maximum Gasteiger partial charge on any atom is 0.352 e. The molecule has 4 rings (SSSR count). The fraction of sp³-hybridized carbons (Fsp3) is 0.333. The van der Waals surface area contributed by atoms with Crippen molar-refractivity contribution in [2.24, 2.45) is 0 Å². The third-order valence-electron chi connectivity index (χ3n) is 4.49. The second kappa shape index (κ2) is 6.99. The predicted octanol–water partition coefficient (Wildman–Crippen LogP) is 1.65. The van der Waals surface area contributed by atoms with E-state index in [-0.39, 0.29) is 23.9 Å². The molecule has 1 aliphatic heterocycles. The summed E-state index contributed by atoms with van der Waals surface area (Å²) >= 11 is 0. The molecular weight excluding hydrogens is 332 g/mol. The summed E-state index contributed by atoms with van der Waals surface area (Å²) < 4.78 is 2.53. The Balaban J connectivity index is 1.56. The lowest BCUT2D eigenvalue weighted by atomic mass is 10.1. The zero-order valence-electron chi connectivity index (χ0n) is 14.3. The first kappa shape index (κ1) is 16.3. The largest absolute Gasteiger partial charge is 0.352 e. The normalized spacial score (nSPS) is 14.5. The van der Waals surface area contributed by atoms with Crippen molar-refractivity contribution in [1.82, 2.24) is 24.1 Å². The van der Waals surface area contributed by atoms with Gasteiger partial charge in [0.1, 0.15) is 12.4 Å². The molecule has 8 nitrogen and oxygen atoms in total. The number of likely N-dealkylation sites (tertiary alicyclic amines) is 1. The number of fused-ring (bicyclic) bond motifs is 1. The number of hydrogen-bond donors (Lipinski definition) is 1. The van der Waals surface area contributed by atoms with E-state index in [1.807, 2.05) is 30.3 Å². The molecule has 0 aliphatic carbocycles. The zero-order valence-corrected chi connectivity index (χ0v) is 14.3. The van der Waals surface area contributed by atoms with Crippen LogP contribution in [0.15, 0.2) is 47.4 Å². The number of hydrogen-bond acceptors (Lipinski definition) is 5. The van der Waals surface area contributed by atoms with E-state index in [1.165, 1.54) is 9.08 Å². The molecule has 1 aromatic carbocycles. The summed E-state index contributed by atoms with van der Waals surface area (Å²) in [6.07, 6.45) is 4.80. The van der Waals surface area contributed by atoms with Crippen LogP contribution in [0.5, 0.6) is 0 Å². The van der Waals surface area contributed by atoms with Gasteiger partial charge in [0, 0.05) is 25.0 Å². The lowest BCUT2D eigenvalue weighted by molar-refractivity contribution is -0.132. The van der Waals surface area contributed by atoms with Crippen LogP contribution in [0.4, 0.5) is 11.5 Å². The van der Waals surface area contributed by atoms with Crippen LogP contribution in [-0.2, 0) is 11.3 Å². The SMILES string of the molecule is O=C(Cn1nc2nc(Nc3ccccc3)ccn2c1=O)N1CCCCC1. The Morgan fingerprint density at radius 1 is 1.08 bits per heavy atom. The number of para-hydroxylation sites is 1. The fourth-order valence-corrected chi connectivity index (χ4v) is 3.12. The molecule has 0 bridgehead atoms. The third-order valence-corrected chi connectivity index (χ3v) is 4.49. The minimum absolute atomic E-state index is 0.0519. The molecule has 0 saturated carbocycles. The van der Waals surface area contributed by atoms with Gasteiger partial charge in [-0.3, -0.25) is 4.79 Å². The van der Waals surface area contributed by atoms with Crippen molar-refractivity contribution in [3.8, 4) is 0 Å². The molecule has 1 fully saturated rings. The summed E-state index contributed by atoms with van der Waals surface area (Å²) in [5, 5.41) is 7.38. The van der Waals surface area contributed by atoms with E-state index in [0.717, 1.165) is 38.0 Å². The van der Waals surface area contributed by atoms with Gasteiger partial charge in [-0.25, -0.2) is 13.9 Å². The number of piperidine rings is 1. The molecule has 1 N–H and O–H groups in total. The van der Waals surface area contributed by atoms with Gasteiger partial charge in [-0.05, 0) is 37.5 Å². The molecule has 1 saturated heterocycles. The van der Waals surface area contributed by atoms with Crippen molar-refractivity contribution >= 4 is 23.2 Å². The molecular formula is C18H20N6O2. The van der Waals surface area contributed by atoms with Crippen LogP contribution < -0.4 is 11.0 Å². The van der Waals surface area contributed by atoms with Gasteiger partial charge in [-0.2, -0.15) is 4.98 Å². The number of benzene rings is 1. The second-order valence-electron chi connectivity index (χ2n) is 6.36. The molecule has 8 heteroatoms. The number of anilines is 2. The number of nitrogens with zero attached hydrogens (tertiary/aromatic N) is 5. The monoisotopic (exact) mass is 352 g/mol. The summed E-state index contributed by atoms with van der Waals surface area (Å²) in [6, 6.07) is 11.3. The molecule has 3 heterocycles. The lowest BCUT2D eigenvalue weighted by Crippen LogP contribution is -2.39. The van der Waals surface area contributed by atoms with Crippen molar-refractivity contribution in [1.29, 1.82) is 0 Å². The van der Waals surface area contributed by atoms with Crippen molar-refractivity contribution in [3.05, 3.63) is 53.1 Å². The van der Waals surface area contributed by atoms with Gasteiger partial charge in [0.2, 0.25) is 5.91 Å². The number of aromatic nitrogens is 4. The second-order valence-corrected chi connectivity index (χ2v) is 6.36. The molecule has 3 aromatic rings. The van der Waals surface area contributed by atoms with Crippen LogP contribution in [0.2, 0.25) is 0 Å². The Hall–Kier alpha value is -3.16. The highest BCUT2D eigenvalue weighted by atomic mass is 16.2. The van der Waals surface area contributed by atoms with Crippen LogP contribution >= 0.6 is 0 Å². The third kappa shape index (κ3) is 3.30. The molecule has 0 radical (unpaired) electrons. The van der Waals surface area contributed by atoms with E-state index in [1.54, 1.807) is 17.2 Å². The highest BCUT2D eigenvalue weighted by Crippen LogP contribution is 2.13. The van der Waals surface area contributed by atoms with Gasteiger partial charge in [0.25, 0.3) is 5.78 Å². The van der Waals surface area contributed by atoms with Gasteiger partial charge in [-0.1, -0.05) is 18.2 Å². The fourth-order valence-electron chi connectivity index (χ4n) is 3.12.